The molecule has 0 fully saturated rings. The van der Waals surface area contributed by atoms with E-state index in [1.807, 2.05) is 0 Å². The van der Waals surface area contributed by atoms with Crippen LogP contribution >= 0.6 is 0 Å². The van der Waals surface area contributed by atoms with Gasteiger partial charge in [0.1, 0.15) is 13.2 Å². The van der Waals surface area contributed by atoms with Gasteiger partial charge in [-0.3, -0.25) is 14.4 Å². The van der Waals surface area contributed by atoms with Crippen LogP contribution in [0.5, 0.6) is 0 Å². The van der Waals surface area contributed by atoms with Gasteiger partial charge in [0.2, 0.25) is 0 Å². The number of carbonyl (C=O) groups excluding carboxylic acids is 3. The van der Waals surface area contributed by atoms with Gasteiger partial charge in [-0.15, -0.1) is 0 Å². The second-order valence-electron chi connectivity index (χ2n) is 17.5. The van der Waals surface area contributed by atoms with Crippen LogP contribution in [0.4, 0.5) is 0 Å². The zero-order chi connectivity index (χ0) is 41.5. The highest BCUT2D eigenvalue weighted by Crippen LogP contribution is 2.17. The number of ether oxygens (including phenoxy) is 3. The number of esters is 3. The van der Waals surface area contributed by atoms with Crippen molar-refractivity contribution in [1.82, 2.24) is 0 Å². The van der Waals surface area contributed by atoms with Crippen LogP contribution < -0.4 is 0 Å². The van der Waals surface area contributed by atoms with Crippen LogP contribution in [0, 0.1) is 0 Å². The molecule has 0 amide bonds. The number of rotatable bonds is 47. The average Bonchev–Trinajstić information content (AvgIpc) is 3.21. The highest BCUT2D eigenvalue weighted by atomic mass is 16.6. The predicted octanol–water partition coefficient (Wildman–Crippen LogP) is 16.4. The summed E-state index contributed by atoms with van der Waals surface area (Å²) in [4.78, 5) is 37.8. The predicted molar refractivity (Wildman–Crippen MR) is 243 cm³/mol. The lowest BCUT2D eigenvalue weighted by Gasteiger charge is -2.18. The highest BCUT2D eigenvalue weighted by molar-refractivity contribution is 5.71. The van der Waals surface area contributed by atoms with Gasteiger partial charge >= 0.3 is 17.9 Å². The smallest absolute Gasteiger partial charge is 0.306 e. The van der Waals surface area contributed by atoms with Crippen LogP contribution in [0.1, 0.15) is 290 Å². The van der Waals surface area contributed by atoms with E-state index in [1.165, 1.54) is 193 Å². The van der Waals surface area contributed by atoms with Crippen LogP contribution in [0.25, 0.3) is 0 Å². The Balaban J connectivity index is 4.26. The summed E-state index contributed by atoms with van der Waals surface area (Å²) in [6.07, 6.45) is 49.4. The van der Waals surface area contributed by atoms with E-state index in [9.17, 15) is 14.4 Å². The molecule has 0 aromatic carbocycles. The summed E-state index contributed by atoms with van der Waals surface area (Å²) in [6.45, 7) is 6.66. The van der Waals surface area contributed by atoms with Gasteiger partial charge in [0.05, 0.1) is 0 Å². The van der Waals surface area contributed by atoms with Gasteiger partial charge in [-0.1, -0.05) is 252 Å². The molecule has 0 radical (unpaired) electrons. The minimum Gasteiger partial charge on any atom is -0.462 e. The van der Waals surface area contributed by atoms with E-state index in [0.29, 0.717) is 19.3 Å². The fourth-order valence-electron chi connectivity index (χ4n) is 7.74. The van der Waals surface area contributed by atoms with Gasteiger partial charge in [-0.05, 0) is 19.3 Å². The average molecular weight is 807 g/mol. The third-order valence-corrected chi connectivity index (χ3v) is 11.6. The summed E-state index contributed by atoms with van der Waals surface area (Å²) < 4.78 is 16.8. The molecule has 6 heteroatoms. The Morgan fingerprint density at radius 1 is 0.281 bits per heavy atom. The standard InChI is InChI=1S/C51H98O6/c1-4-7-10-13-16-19-21-23-25-26-28-29-32-35-38-41-44-50(53)56-47-48(46-55-49(52)43-40-37-34-31-18-15-12-9-6-3)57-51(54)45-42-39-36-33-30-27-24-22-20-17-14-11-8-5-2/h48H,4-47H2,1-3H3/t48-/m1/s1. The van der Waals surface area contributed by atoms with E-state index >= 15 is 0 Å². The van der Waals surface area contributed by atoms with Crippen molar-refractivity contribution in [1.29, 1.82) is 0 Å². The molecule has 0 aromatic rings. The van der Waals surface area contributed by atoms with Crippen molar-refractivity contribution in [3.8, 4) is 0 Å². The number of unbranched alkanes of at least 4 members (excludes halogenated alkanes) is 36. The van der Waals surface area contributed by atoms with Gasteiger partial charge in [0.25, 0.3) is 0 Å². The van der Waals surface area contributed by atoms with E-state index in [-0.39, 0.29) is 31.1 Å². The summed E-state index contributed by atoms with van der Waals surface area (Å²) in [6, 6.07) is 0. The van der Waals surface area contributed by atoms with Crippen LogP contribution in [-0.2, 0) is 28.6 Å². The van der Waals surface area contributed by atoms with Crippen molar-refractivity contribution >= 4 is 17.9 Å². The van der Waals surface area contributed by atoms with Crippen LogP contribution in [0.2, 0.25) is 0 Å². The topological polar surface area (TPSA) is 78.9 Å². The van der Waals surface area contributed by atoms with Crippen molar-refractivity contribution in [3.63, 3.8) is 0 Å². The lowest BCUT2D eigenvalue weighted by atomic mass is 10.0. The number of hydrogen-bond acceptors (Lipinski definition) is 6. The molecule has 0 unspecified atom stereocenters. The molecule has 0 spiro atoms. The maximum atomic E-state index is 12.8. The molecule has 1 atom stereocenters. The van der Waals surface area contributed by atoms with Crippen molar-refractivity contribution in [2.75, 3.05) is 13.2 Å². The SMILES string of the molecule is CCCCCCCCCCCCCCCCCCC(=O)OC[C@@H](COC(=O)CCCCCCCCCCC)OC(=O)CCCCCCCCCCCCCCCC. The Hall–Kier alpha value is -1.59. The Kier molecular flexibility index (Phi) is 45.8. The van der Waals surface area contributed by atoms with Crippen LogP contribution in [0.3, 0.4) is 0 Å². The van der Waals surface area contributed by atoms with Crippen LogP contribution in [0.15, 0.2) is 0 Å². The Morgan fingerprint density at radius 2 is 0.474 bits per heavy atom. The van der Waals surface area contributed by atoms with Crippen LogP contribution in [-0.4, -0.2) is 37.2 Å². The molecule has 6 nitrogen and oxygen atoms in total. The van der Waals surface area contributed by atoms with Crippen molar-refractivity contribution < 1.29 is 28.6 Å². The Morgan fingerprint density at radius 3 is 0.702 bits per heavy atom. The summed E-state index contributed by atoms with van der Waals surface area (Å²) in [5.41, 5.74) is 0. The first kappa shape index (κ1) is 55.4. The van der Waals surface area contributed by atoms with Gasteiger partial charge in [-0.25, -0.2) is 0 Å². The van der Waals surface area contributed by atoms with E-state index in [1.54, 1.807) is 0 Å². The molecule has 0 aliphatic rings. The largest absolute Gasteiger partial charge is 0.462 e. The minimum absolute atomic E-state index is 0.0620. The molecular formula is C51H98O6. The lowest BCUT2D eigenvalue weighted by Crippen LogP contribution is -2.30. The van der Waals surface area contributed by atoms with E-state index in [4.69, 9.17) is 14.2 Å². The quantitative estimate of drug-likeness (QED) is 0.0346. The first-order valence-electron chi connectivity index (χ1n) is 25.5. The van der Waals surface area contributed by atoms with Crippen molar-refractivity contribution in [2.45, 2.75) is 297 Å². The second-order valence-corrected chi connectivity index (χ2v) is 17.5. The molecule has 338 valence electrons. The first-order valence-corrected chi connectivity index (χ1v) is 25.5. The molecule has 0 N–H and O–H groups in total. The summed E-state index contributed by atoms with van der Waals surface area (Å²) >= 11 is 0. The molecule has 0 saturated carbocycles. The summed E-state index contributed by atoms with van der Waals surface area (Å²) in [5, 5.41) is 0. The number of carbonyl (C=O) groups is 3. The van der Waals surface area contributed by atoms with Gasteiger partial charge in [0.15, 0.2) is 6.10 Å². The fourth-order valence-corrected chi connectivity index (χ4v) is 7.74. The van der Waals surface area contributed by atoms with E-state index in [0.717, 1.165) is 57.8 Å². The first-order chi connectivity index (χ1) is 28.0. The molecule has 0 aliphatic carbocycles. The minimum atomic E-state index is -0.758. The zero-order valence-corrected chi connectivity index (χ0v) is 38.6. The lowest BCUT2D eigenvalue weighted by molar-refractivity contribution is -0.167. The van der Waals surface area contributed by atoms with E-state index in [2.05, 4.69) is 20.8 Å². The molecule has 57 heavy (non-hydrogen) atoms. The maximum absolute atomic E-state index is 12.8. The second kappa shape index (κ2) is 47.1. The molecular weight excluding hydrogens is 709 g/mol. The number of hydrogen-bond donors (Lipinski definition) is 0. The zero-order valence-electron chi connectivity index (χ0n) is 38.6. The Bertz CT molecular complexity index is 844. The third kappa shape index (κ3) is 45.3. The fraction of sp³-hybridized carbons (Fsp3) is 0.941. The molecule has 0 saturated heterocycles. The normalized spacial score (nSPS) is 11.8. The van der Waals surface area contributed by atoms with Gasteiger partial charge in [-0.2, -0.15) is 0 Å². The van der Waals surface area contributed by atoms with E-state index < -0.39 is 6.10 Å². The molecule has 0 aromatic heterocycles. The molecule has 0 heterocycles. The van der Waals surface area contributed by atoms with Crippen molar-refractivity contribution in [3.05, 3.63) is 0 Å². The van der Waals surface area contributed by atoms with Gasteiger partial charge in [0, 0.05) is 19.3 Å². The molecule has 0 aliphatic heterocycles. The third-order valence-electron chi connectivity index (χ3n) is 11.6. The molecule has 0 rings (SSSR count). The Labute approximate surface area is 355 Å². The monoisotopic (exact) mass is 807 g/mol. The van der Waals surface area contributed by atoms with Crippen molar-refractivity contribution in [2.24, 2.45) is 0 Å². The van der Waals surface area contributed by atoms with Gasteiger partial charge < -0.3 is 14.2 Å². The molecule has 0 bridgehead atoms. The maximum Gasteiger partial charge on any atom is 0.306 e. The summed E-state index contributed by atoms with van der Waals surface area (Å²) in [5.74, 6) is -0.845. The highest BCUT2D eigenvalue weighted by Gasteiger charge is 2.19. The summed E-state index contributed by atoms with van der Waals surface area (Å²) in [7, 11) is 0.